The average Bonchev–Trinajstić information content (AvgIpc) is 2.81. The van der Waals surface area contributed by atoms with Crippen LogP contribution >= 0.6 is 11.3 Å². The lowest BCUT2D eigenvalue weighted by molar-refractivity contribution is -0.186. The van der Waals surface area contributed by atoms with E-state index < -0.39 is 18.0 Å². The smallest absolute Gasteiger partial charge is 0.299 e. The third-order valence-corrected chi connectivity index (χ3v) is 4.20. The maximum Gasteiger partial charge on any atom is 0.391 e. The van der Waals surface area contributed by atoms with Crippen molar-refractivity contribution < 1.29 is 18.0 Å². The standard InChI is InChI=1S/C12H14F3NOS/c13-12(14,15)9-3-1-2-8(4-9)11(17)5-10-6-16-7-18-10/h6-9H,1-5H2. The third-order valence-electron chi connectivity index (χ3n) is 3.42. The molecule has 0 aromatic carbocycles. The number of thiazole rings is 1. The van der Waals surface area contributed by atoms with Crippen LogP contribution in [0.2, 0.25) is 0 Å². The van der Waals surface area contributed by atoms with Crippen LogP contribution in [0.5, 0.6) is 0 Å². The van der Waals surface area contributed by atoms with Gasteiger partial charge >= 0.3 is 6.18 Å². The van der Waals surface area contributed by atoms with E-state index in [-0.39, 0.29) is 25.0 Å². The van der Waals surface area contributed by atoms with Gasteiger partial charge in [0.2, 0.25) is 0 Å². The molecular formula is C12H14F3NOS. The van der Waals surface area contributed by atoms with Crippen LogP contribution in [0, 0.1) is 11.8 Å². The predicted molar refractivity (Wildman–Crippen MR) is 62.3 cm³/mol. The Morgan fingerprint density at radius 3 is 2.83 bits per heavy atom. The number of hydrogen-bond donors (Lipinski definition) is 0. The highest BCUT2D eigenvalue weighted by atomic mass is 32.1. The van der Waals surface area contributed by atoms with Gasteiger partial charge in [0.05, 0.1) is 11.4 Å². The van der Waals surface area contributed by atoms with Crippen LogP contribution in [0.25, 0.3) is 0 Å². The molecule has 1 aromatic heterocycles. The molecular weight excluding hydrogens is 263 g/mol. The van der Waals surface area contributed by atoms with Crippen LogP contribution in [-0.4, -0.2) is 16.9 Å². The normalized spacial score (nSPS) is 25.1. The molecule has 0 aliphatic heterocycles. The molecule has 0 amide bonds. The molecule has 0 bridgehead atoms. The van der Waals surface area contributed by atoms with Crippen molar-refractivity contribution >= 4 is 17.1 Å². The van der Waals surface area contributed by atoms with Gasteiger partial charge in [-0.3, -0.25) is 9.78 Å². The van der Waals surface area contributed by atoms with Gasteiger partial charge in [-0.25, -0.2) is 0 Å². The predicted octanol–water partition coefficient (Wildman–Crippen LogP) is 3.62. The Morgan fingerprint density at radius 2 is 2.22 bits per heavy atom. The quantitative estimate of drug-likeness (QED) is 0.844. The fourth-order valence-electron chi connectivity index (χ4n) is 2.43. The summed E-state index contributed by atoms with van der Waals surface area (Å²) in [4.78, 5) is 16.6. The van der Waals surface area contributed by atoms with Crippen LogP contribution in [0.3, 0.4) is 0 Å². The first kappa shape index (κ1) is 13.5. The summed E-state index contributed by atoms with van der Waals surface area (Å²) in [6.07, 6.45) is -1.14. The summed E-state index contributed by atoms with van der Waals surface area (Å²) in [6, 6.07) is 0. The van der Waals surface area contributed by atoms with Crippen LogP contribution in [-0.2, 0) is 11.2 Å². The molecule has 0 saturated heterocycles. The van der Waals surface area contributed by atoms with E-state index >= 15 is 0 Å². The second-order valence-electron chi connectivity index (χ2n) is 4.71. The van der Waals surface area contributed by atoms with Crippen molar-refractivity contribution in [3.8, 4) is 0 Å². The lowest BCUT2D eigenvalue weighted by Gasteiger charge is -2.29. The molecule has 18 heavy (non-hydrogen) atoms. The molecule has 100 valence electrons. The van der Waals surface area contributed by atoms with Gasteiger partial charge in [-0.2, -0.15) is 13.2 Å². The largest absolute Gasteiger partial charge is 0.391 e. The monoisotopic (exact) mass is 277 g/mol. The number of nitrogens with zero attached hydrogens (tertiary/aromatic N) is 1. The summed E-state index contributed by atoms with van der Waals surface area (Å²) in [5.41, 5.74) is 1.63. The number of hydrogen-bond acceptors (Lipinski definition) is 3. The van der Waals surface area contributed by atoms with Gasteiger partial charge in [0.25, 0.3) is 0 Å². The topological polar surface area (TPSA) is 30.0 Å². The summed E-state index contributed by atoms with van der Waals surface area (Å²) < 4.78 is 37.9. The molecule has 2 atom stereocenters. The van der Waals surface area contributed by atoms with Crippen molar-refractivity contribution in [2.24, 2.45) is 11.8 Å². The molecule has 0 N–H and O–H groups in total. The van der Waals surface area contributed by atoms with Crippen molar-refractivity contribution in [3.63, 3.8) is 0 Å². The van der Waals surface area contributed by atoms with Crippen molar-refractivity contribution in [2.45, 2.75) is 38.3 Å². The lowest BCUT2D eigenvalue weighted by atomic mass is 9.78. The Balaban J connectivity index is 1.94. The van der Waals surface area contributed by atoms with E-state index in [0.29, 0.717) is 12.8 Å². The van der Waals surface area contributed by atoms with Gasteiger partial charge in [0.1, 0.15) is 5.78 Å². The van der Waals surface area contributed by atoms with Gasteiger partial charge in [-0.05, 0) is 19.3 Å². The lowest BCUT2D eigenvalue weighted by Crippen LogP contribution is -2.32. The summed E-state index contributed by atoms with van der Waals surface area (Å²) in [5.74, 6) is -1.82. The average molecular weight is 277 g/mol. The van der Waals surface area contributed by atoms with Gasteiger partial charge < -0.3 is 0 Å². The Hall–Kier alpha value is -0.910. The van der Waals surface area contributed by atoms with Crippen LogP contribution in [0.1, 0.15) is 30.6 Å². The summed E-state index contributed by atoms with van der Waals surface area (Å²) in [6.45, 7) is 0. The Morgan fingerprint density at radius 1 is 1.44 bits per heavy atom. The Labute approximate surface area is 107 Å². The summed E-state index contributed by atoms with van der Waals surface area (Å²) in [5, 5.41) is 0. The summed E-state index contributed by atoms with van der Waals surface area (Å²) in [7, 11) is 0. The minimum absolute atomic E-state index is 0.0405. The number of halogens is 3. The number of Topliss-reactive ketones (excluding diaryl/α,β-unsaturated/α-hetero) is 1. The van der Waals surface area contributed by atoms with E-state index in [1.807, 2.05) is 0 Å². The van der Waals surface area contributed by atoms with E-state index in [9.17, 15) is 18.0 Å². The molecule has 2 nitrogen and oxygen atoms in total. The molecule has 1 aliphatic rings. The molecule has 6 heteroatoms. The highest BCUT2D eigenvalue weighted by Gasteiger charge is 2.43. The van der Waals surface area contributed by atoms with E-state index in [1.165, 1.54) is 11.3 Å². The summed E-state index contributed by atoms with van der Waals surface area (Å²) >= 11 is 1.37. The first-order chi connectivity index (χ1) is 8.47. The molecule has 2 rings (SSSR count). The fourth-order valence-corrected chi connectivity index (χ4v) is 3.03. The molecule has 0 radical (unpaired) electrons. The van der Waals surface area contributed by atoms with Crippen LogP contribution in [0.15, 0.2) is 11.7 Å². The molecule has 1 aromatic rings. The Bertz CT molecular complexity index is 402. The second-order valence-corrected chi connectivity index (χ2v) is 5.68. The van der Waals surface area contributed by atoms with Crippen LogP contribution < -0.4 is 0 Å². The zero-order valence-corrected chi connectivity index (χ0v) is 10.6. The second kappa shape index (κ2) is 5.38. The van der Waals surface area contributed by atoms with Crippen molar-refractivity contribution in [1.82, 2.24) is 4.98 Å². The van der Waals surface area contributed by atoms with Crippen molar-refractivity contribution in [1.29, 1.82) is 0 Å². The van der Waals surface area contributed by atoms with E-state index in [1.54, 1.807) is 11.7 Å². The van der Waals surface area contributed by atoms with Crippen molar-refractivity contribution in [3.05, 3.63) is 16.6 Å². The molecule has 1 heterocycles. The minimum Gasteiger partial charge on any atom is -0.299 e. The molecule has 2 unspecified atom stereocenters. The number of aromatic nitrogens is 1. The minimum atomic E-state index is -4.16. The fraction of sp³-hybridized carbons (Fsp3) is 0.667. The number of alkyl halides is 3. The van der Waals surface area contributed by atoms with Gasteiger partial charge in [0, 0.05) is 23.4 Å². The first-order valence-electron chi connectivity index (χ1n) is 5.93. The molecule has 1 saturated carbocycles. The third kappa shape index (κ3) is 3.31. The molecule has 1 fully saturated rings. The zero-order chi connectivity index (χ0) is 13.2. The number of carbonyl (C=O) groups is 1. The van der Waals surface area contributed by atoms with Gasteiger partial charge in [-0.15, -0.1) is 11.3 Å². The van der Waals surface area contributed by atoms with E-state index in [4.69, 9.17) is 0 Å². The molecule has 0 spiro atoms. The maximum atomic E-state index is 12.6. The number of ketones is 1. The first-order valence-corrected chi connectivity index (χ1v) is 6.81. The van der Waals surface area contributed by atoms with E-state index in [2.05, 4.69) is 4.98 Å². The van der Waals surface area contributed by atoms with E-state index in [0.717, 1.165) is 4.88 Å². The van der Waals surface area contributed by atoms with Crippen molar-refractivity contribution in [2.75, 3.05) is 0 Å². The zero-order valence-electron chi connectivity index (χ0n) is 9.74. The number of carbonyl (C=O) groups excluding carboxylic acids is 1. The highest BCUT2D eigenvalue weighted by molar-refractivity contribution is 7.09. The Kier molecular flexibility index (Phi) is 4.04. The van der Waals surface area contributed by atoms with Crippen LogP contribution in [0.4, 0.5) is 13.2 Å². The number of rotatable bonds is 3. The maximum absolute atomic E-state index is 12.6. The SMILES string of the molecule is O=C(Cc1cncs1)C1CCCC(C(F)(F)F)C1. The highest BCUT2D eigenvalue weighted by Crippen LogP contribution is 2.40. The van der Waals surface area contributed by atoms with Gasteiger partial charge in [-0.1, -0.05) is 6.42 Å². The van der Waals surface area contributed by atoms with Gasteiger partial charge in [0.15, 0.2) is 0 Å². The molecule has 1 aliphatic carbocycles.